The Kier molecular flexibility index (Phi) is 6.13. The fraction of sp³-hybridized carbons (Fsp3) is 0.433. The molecule has 0 amide bonds. The second-order valence-corrected chi connectivity index (χ2v) is 13.2. The largest absolute Gasteiger partial charge is 0.489 e. The van der Waals surface area contributed by atoms with Crippen LogP contribution in [-0.2, 0) is 0 Å². The number of alkyl halides is 1. The lowest BCUT2D eigenvalue weighted by Gasteiger charge is -2.31. The third kappa shape index (κ3) is 3.90. The SMILES string of the molecule is N#Cc1c(N)sc2c(F)ccc(-c3c(Cl)c4c5c(nc(OC[C@@]67CCCN6C[C@H](F)C7)nc5c3F)N3CCC[C@H]3CO4)c12. The van der Waals surface area contributed by atoms with Gasteiger partial charge in [-0.2, -0.15) is 15.2 Å². The third-order valence-corrected chi connectivity index (χ3v) is 10.8. The number of thiophene rings is 1. The van der Waals surface area contributed by atoms with Crippen LogP contribution in [0.5, 0.6) is 11.8 Å². The van der Waals surface area contributed by atoms with Crippen LogP contribution < -0.4 is 20.1 Å². The molecule has 43 heavy (non-hydrogen) atoms. The smallest absolute Gasteiger partial charge is 0.319 e. The van der Waals surface area contributed by atoms with E-state index in [9.17, 15) is 14.0 Å². The molecule has 13 heteroatoms. The summed E-state index contributed by atoms with van der Waals surface area (Å²) in [6, 6.07) is 4.60. The van der Waals surface area contributed by atoms with Crippen molar-refractivity contribution in [3.8, 4) is 29.0 Å². The van der Waals surface area contributed by atoms with Crippen molar-refractivity contribution in [3.63, 3.8) is 0 Å². The molecular formula is C30H26ClF3N6O2S. The zero-order valence-corrected chi connectivity index (χ0v) is 24.5. The Morgan fingerprint density at radius 3 is 2.93 bits per heavy atom. The molecule has 2 N–H and O–H groups in total. The molecular weight excluding hydrogens is 601 g/mol. The van der Waals surface area contributed by atoms with Gasteiger partial charge in [0, 0.05) is 30.5 Å². The van der Waals surface area contributed by atoms with Gasteiger partial charge in [-0.05, 0) is 43.9 Å². The first-order valence-electron chi connectivity index (χ1n) is 14.3. The molecule has 2 aromatic heterocycles. The number of ether oxygens (including phenoxy) is 2. The number of hydrogen-bond acceptors (Lipinski definition) is 9. The Morgan fingerprint density at radius 2 is 2.09 bits per heavy atom. The second kappa shape index (κ2) is 9.74. The molecule has 3 saturated heterocycles. The minimum Gasteiger partial charge on any atom is -0.489 e. The van der Waals surface area contributed by atoms with Gasteiger partial charge in [0.15, 0.2) is 11.6 Å². The molecule has 3 atom stereocenters. The highest BCUT2D eigenvalue weighted by Gasteiger charge is 2.49. The number of hydrogen-bond donors (Lipinski definition) is 1. The Bertz CT molecular complexity index is 1880. The van der Waals surface area contributed by atoms with Gasteiger partial charge < -0.3 is 20.1 Å². The van der Waals surface area contributed by atoms with Gasteiger partial charge in [-0.15, -0.1) is 11.3 Å². The first-order valence-corrected chi connectivity index (χ1v) is 15.5. The fourth-order valence-corrected chi connectivity index (χ4v) is 8.79. The van der Waals surface area contributed by atoms with Crippen LogP contribution in [0.25, 0.3) is 32.1 Å². The summed E-state index contributed by atoms with van der Waals surface area (Å²) in [5.74, 6) is -0.655. The number of benzene rings is 2. The average molecular weight is 627 g/mol. The highest BCUT2D eigenvalue weighted by atomic mass is 35.5. The minimum absolute atomic E-state index is 0.00800. The molecule has 0 spiro atoms. The first-order chi connectivity index (χ1) is 20.8. The van der Waals surface area contributed by atoms with E-state index in [1.807, 2.05) is 6.07 Å². The van der Waals surface area contributed by atoms with E-state index >= 15 is 4.39 Å². The maximum Gasteiger partial charge on any atom is 0.319 e. The molecule has 2 aromatic carbocycles. The first kappa shape index (κ1) is 27.0. The normalized spacial score (nSPS) is 24.7. The van der Waals surface area contributed by atoms with Crippen molar-refractivity contribution in [3.05, 3.63) is 34.4 Å². The van der Waals surface area contributed by atoms with Gasteiger partial charge in [0.2, 0.25) is 0 Å². The van der Waals surface area contributed by atoms with E-state index in [2.05, 4.69) is 14.8 Å². The molecule has 3 fully saturated rings. The summed E-state index contributed by atoms with van der Waals surface area (Å²) >= 11 is 7.87. The summed E-state index contributed by atoms with van der Waals surface area (Å²) in [5.41, 5.74) is 5.75. The molecule has 0 radical (unpaired) electrons. The molecule has 4 aliphatic rings. The van der Waals surface area contributed by atoms with Crippen molar-refractivity contribution >= 4 is 54.7 Å². The monoisotopic (exact) mass is 626 g/mol. The van der Waals surface area contributed by atoms with Gasteiger partial charge in [0.05, 0.1) is 32.3 Å². The lowest BCUT2D eigenvalue weighted by molar-refractivity contribution is 0.107. The molecule has 4 aromatic rings. The van der Waals surface area contributed by atoms with Gasteiger partial charge in [0.25, 0.3) is 0 Å². The van der Waals surface area contributed by atoms with Gasteiger partial charge in [-0.1, -0.05) is 17.7 Å². The number of nitrogen functional groups attached to an aromatic ring is 1. The summed E-state index contributed by atoms with van der Waals surface area (Å²) in [7, 11) is 0. The Balaban J connectivity index is 1.34. The Hall–Kier alpha value is -3.53. The third-order valence-electron chi connectivity index (χ3n) is 9.44. The second-order valence-electron chi connectivity index (χ2n) is 11.8. The topological polar surface area (TPSA) is 101 Å². The highest BCUT2D eigenvalue weighted by Crippen LogP contribution is 2.51. The standard InChI is InChI=1S/C30H26ClF3N6O2S/c31-22-20(16-4-5-18(33)26-19(16)17(10-35)27(36)43-26)23(34)24-21-25(22)41-12-15-3-1-8-40(15)28(21)38-29(37-24)42-13-30-6-2-7-39(30)11-14(32)9-30/h4-5,14-15H,1-3,6-9,11-13,36H2/t14-,15+,30+/m1/s1. The number of nitrogens with zero attached hydrogens (tertiary/aromatic N) is 5. The summed E-state index contributed by atoms with van der Waals surface area (Å²) in [5, 5.41) is 10.5. The van der Waals surface area contributed by atoms with Crippen molar-refractivity contribution in [2.75, 3.05) is 43.5 Å². The van der Waals surface area contributed by atoms with Crippen LogP contribution in [0.4, 0.5) is 24.0 Å². The quantitative estimate of drug-likeness (QED) is 0.285. The van der Waals surface area contributed by atoms with Crippen LogP contribution in [0.2, 0.25) is 5.02 Å². The summed E-state index contributed by atoms with van der Waals surface area (Å²) < 4.78 is 58.8. The molecule has 0 bridgehead atoms. The van der Waals surface area contributed by atoms with E-state index in [4.69, 9.17) is 31.8 Å². The van der Waals surface area contributed by atoms with Crippen molar-refractivity contribution in [2.45, 2.75) is 49.9 Å². The molecule has 8 nitrogen and oxygen atoms in total. The van der Waals surface area contributed by atoms with Gasteiger partial charge in [-0.3, -0.25) is 4.90 Å². The van der Waals surface area contributed by atoms with Gasteiger partial charge in [0.1, 0.15) is 47.6 Å². The van der Waals surface area contributed by atoms with Crippen LogP contribution in [0.15, 0.2) is 12.1 Å². The molecule has 6 heterocycles. The minimum atomic E-state index is -0.921. The maximum absolute atomic E-state index is 16.9. The van der Waals surface area contributed by atoms with E-state index in [0.29, 0.717) is 37.3 Å². The molecule has 222 valence electrons. The average Bonchev–Trinajstić information content (AvgIpc) is 3.73. The Labute approximate surface area is 253 Å². The molecule has 0 unspecified atom stereocenters. The number of halogens is 4. The van der Waals surface area contributed by atoms with Crippen LogP contribution in [0, 0.1) is 23.0 Å². The van der Waals surface area contributed by atoms with Crippen molar-refractivity contribution < 1.29 is 22.6 Å². The number of rotatable bonds is 4. The van der Waals surface area contributed by atoms with Crippen LogP contribution >= 0.6 is 22.9 Å². The van der Waals surface area contributed by atoms with Gasteiger partial charge >= 0.3 is 6.01 Å². The van der Waals surface area contributed by atoms with Crippen LogP contribution in [-0.4, -0.2) is 65.5 Å². The summed E-state index contributed by atoms with van der Waals surface area (Å²) in [6.07, 6.45) is 2.99. The lowest BCUT2D eigenvalue weighted by atomic mass is 9.95. The van der Waals surface area contributed by atoms with E-state index < -0.39 is 23.3 Å². The predicted octanol–water partition coefficient (Wildman–Crippen LogP) is 6.21. The maximum atomic E-state index is 16.9. The molecule has 8 rings (SSSR count). The fourth-order valence-electron chi connectivity index (χ4n) is 7.50. The lowest BCUT2D eigenvalue weighted by Crippen LogP contribution is -2.43. The molecule has 0 saturated carbocycles. The van der Waals surface area contributed by atoms with E-state index in [-0.39, 0.29) is 66.7 Å². The van der Waals surface area contributed by atoms with Gasteiger partial charge in [-0.25, -0.2) is 13.2 Å². The highest BCUT2D eigenvalue weighted by molar-refractivity contribution is 7.23. The summed E-state index contributed by atoms with van der Waals surface area (Å²) in [6.45, 7) is 2.37. The zero-order chi connectivity index (χ0) is 29.6. The Morgan fingerprint density at radius 1 is 1.23 bits per heavy atom. The number of nitriles is 1. The molecule has 4 aliphatic heterocycles. The van der Waals surface area contributed by atoms with E-state index in [1.165, 1.54) is 12.1 Å². The van der Waals surface area contributed by atoms with E-state index in [1.54, 1.807) is 0 Å². The zero-order valence-electron chi connectivity index (χ0n) is 22.9. The number of fused-ring (bicyclic) bond motifs is 4. The van der Waals surface area contributed by atoms with Crippen LogP contribution in [0.1, 0.15) is 37.7 Å². The predicted molar refractivity (Wildman–Crippen MR) is 159 cm³/mol. The van der Waals surface area contributed by atoms with E-state index in [0.717, 1.165) is 43.6 Å². The number of nitrogens with two attached hydrogens (primary N) is 1. The summed E-state index contributed by atoms with van der Waals surface area (Å²) in [4.78, 5) is 13.5. The van der Waals surface area contributed by atoms with Crippen molar-refractivity contribution in [1.29, 1.82) is 5.26 Å². The molecule has 0 aliphatic carbocycles. The number of aromatic nitrogens is 2. The van der Waals surface area contributed by atoms with Crippen molar-refractivity contribution in [2.24, 2.45) is 0 Å². The number of anilines is 2. The van der Waals surface area contributed by atoms with Crippen molar-refractivity contribution in [1.82, 2.24) is 14.9 Å². The van der Waals surface area contributed by atoms with Crippen LogP contribution in [0.3, 0.4) is 0 Å².